The van der Waals surface area contributed by atoms with Crippen LogP contribution in [0.4, 0.5) is 18.9 Å². The number of rotatable bonds is 5. The van der Waals surface area contributed by atoms with Crippen molar-refractivity contribution in [2.24, 2.45) is 0 Å². The number of hydrogen-bond donors (Lipinski definition) is 0. The molecule has 1 amide bonds. The number of pyridine rings is 3. The Morgan fingerprint density at radius 3 is 2.49 bits per heavy atom. The van der Waals surface area contributed by atoms with E-state index in [4.69, 9.17) is 11.6 Å². The second-order valence-corrected chi connectivity index (χ2v) is 9.89. The smallest absolute Gasteiger partial charge is 0.301 e. The van der Waals surface area contributed by atoms with E-state index in [1.807, 2.05) is 0 Å². The van der Waals surface area contributed by atoms with Crippen LogP contribution in [0.15, 0.2) is 72.1 Å². The zero-order chi connectivity index (χ0) is 25.4. The van der Waals surface area contributed by atoms with Crippen LogP contribution in [0.25, 0.3) is 10.9 Å². The van der Waals surface area contributed by atoms with Crippen LogP contribution in [0, 0.1) is 0 Å². The molecule has 0 spiro atoms. The van der Waals surface area contributed by atoms with E-state index in [-0.39, 0.29) is 32.9 Å². The molecule has 7 nitrogen and oxygen atoms in total. The number of sulfone groups is 1. The van der Waals surface area contributed by atoms with Gasteiger partial charge in [0.2, 0.25) is 0 Å². The lowest BCUT2D eigenvalue weighted by molar-refractivity contribution is -0.136. The molecule has 1 aromatic carbocycles. The van der Waals surface area contributed by atoms with Crippen molar-refractivity contribution in [1.29, 1.82) is 0 Å². The van der Waals surface area contributed by atoms with Gasteiger partial charge in [0.25, 0.3) is 5.91 Å². The van der Waals surface area contributed by atoms with Crippen LogP contribution in [-0.2, 0) is 22.6 Å². The monoisotopic (exact) mass is 520 g/mol. The number of aromatic nitrogens is 3. The summed E-state index contributed by atoms with van der Waals surface area (Å²) in [5.74, 6) is -0.677. The van der Waals surface area contributed by atoms with E-state index in [0.29, 0.717) is 0 Å². The van der Waals surface area contributed by atoms with E-state index in [1.54, 1.807) is 0 Å². The summed E-state index contributed by atoms with van der Waals surface area (Å²) in [6.07, 6.45) is 0.177. The third-order valence-corrected chi connectivity index (χ3v) is 6.25. The fraction of sp³-hybridized carbons (Fsp3) is 0.130. The van der Waals surface area contributed by atoms with Crippen LogP contribution in [0.5, 0.6) is 0 Å². The minimum absolute atomic E-state index is 0.00214. The Bertz CT molecular complexity index is 1530. The van der Waals surface area contributed by atoms with Crippen molar-refractivity contribution in [3.63, 3.8) is 0 Å². The first-order valence-corrected chi connectivity index (χ1v) is 12.3. The van der Waals surface area contributed by atoms with Crippen molar-refractivity contribution in [2.75, 3.05) is 11.2 Å². The standard InChI is InChI=1S/C23H16ClF3N4O3S/c1-35(33,34)21-19(5-3-9-29-21)31(22(32)15-4-2-8-28-12-15)13-14-10-17(23(25,26)27)16-6-7-20(24)30-18(16)11-14/h2-12H,13H2,1H3. The molecule has 0 saturated carbocycles. The van der Waals surface area contributed by atoms with E-state index < -0.39 is 39.1 Å². The molecule has 3 aromatic heterocycles. The quantitative estimate of drug-likeness (QED) is 0.346. The molecular formula is C23H16ClF3N4O3S. The maximum absolute atomic E-state index is 13.9. The van der Waals surface area contributed by atoms with Gasteiger partial charge in [-0.2, -0.15) is 13.2 Å². The summed E-state index contributed by atoms with van der Waals surface area (Å²) in [6, 6.07) is 10.5. The highest BCUT2D eigenvalue weighted by Gasteiger charge is 2.34. The highest BCUT2D eigenvalue weighted by atomic mass is 35.5. The van der Waals surface area contributed by atoms with Crippen molar-refractivity contribution in [1.82, 2.24) is 15.0 Å². The maximum atomic E-state index is 13.9. The molecule has 0 unspecified atom stereocenters. The average Bonchev–Trinajstić information content (AvgIpc) is 2.81. The number of amides is 1. The van der Waals surface area contributed by atoms with Crippen LogP contribution in [-0.4, -0.2) is 35.5 Å². The van der Waals surface area contributed by atoms with Gasteiger partial charge in [0.15, 0.2) is 14.9 Å². The van der Waals surface area contributed by atoms with Crippen molar-refractivity contribution in [3.05, 3.63) is 89.0 Å². The largest absolute Gasteiger partial charge is 0.417 e. The summed E-state index contributed by atoms with van der Waals surface area (Å²) >= 11 is 5.90. The number of halogens is 4. The number of fused-ring (bicyclic) bond motifs is 1. The van der Waals surface area contributed by atoms with Crippen LogP contribution in [0.2, 0.25) is 5.15 Å². The summed E-state index contributed by atoms with van der Waals surface area (Å²) in [5, 5.41) is -0.554. The lowest BCUT2D eigenvalue weighted by Crippen LogP contribution is -2.32. The third-order valence-electron chi connectivity index (χ3n) is 5.03. The molecule has 4 rings (SSSR count). The van der Waals surface area contributed by atoms with Gasteiger partial charge in [-0.1, -0.05) is 11.6 Å². The lowest BCUT2D eigenvalue weighted by Gasteiger charge is -2.25. The minimum Gasteiger partial charge on any atom is -0.301 e. The predicted octanol–water partition coefficient (Wildman–Crippen LogP) is 4.95. The predicted molar refractivity (Wildman–Crippen MR) is 124 cm³/mol. The Morgan fingerprint density at radius 2 is 1.83 bits per heavy atom. The number of nitrogens with zero attached hydrogens (tertiary/aromatic N) is 4. The van der Waals surface area contributed by atoms with E-state index in [1.165, 1.54) is 61.1 Å². The van der Waals surface area contributed by atoms with Crippen molar-refractivity contribution >= 4 is 43.9 Å². The van der Waals surface area contributed by atoms with Crippen LogP contribution in [0.3, 0.4) is 0 Å². The zero-order valence-corrected chi connectivity index (χ0v) is 19.6. The molecule has 12 heteroatoms. The fourth-order valence-corrected chi connectivity index (χ4v) is 4.53. The Kier molecular flexibility index (Phi) is 6.48. The molecule has 0 atom stereocenters. The fourth-order valence-electron chi connectivity index (χ4n) is 3.56. The molecule has 3 heterocycles. The molecule has 4 aromatic rings. The SMILES string of the molecule is CS(=O)(=O)c1ncccc1N(Cc1cc(C(F)(F)F)c2ccc(Cl)nc2c1)C(=O)c1cccnc1. The Morgan fingerprint density at radius 1 is 1.09 bits per heavy atom. The molecule has 0 aliphatic heterocycles. The normalized spacial score (nSPS) is 12.0. The second-order valence-electron chi connectivity index (χ2n) is 7.57. The third kappa shape index (κ3) is 5.25. The van der Waals surface area contributed by atoms with Crippen LogP contribution in [0.1, 0.15) is 21.5 Å². The molecule has 0 radical (unpaired) electrons. The Labute approximate surface area is 203 Å². The van der Waals surface area contributed by atoms with E-state index in [0.717, 1.165) is 17.2 Å². The number of hydrogen-bond acceptors (Lipinski definition) is 6. The van der Waals surface area contributed by atoms with Crippen molar-refractivity contribution in [3.8, 4) is 0 Å². The topological polar surface area (TPSA) is 93.1 Å². The molecule has 0 bridgehead atoms. The van der Waals surface area contributed by atoms with Crippen molar-refractivity contribution in [2.45, 2.75) is 17.7 Å². The summed E-state index contributed by atoms with van der Waals surface area (Å²) in [4.78, 5) is 26.3. The van der Waals surface area contributed by atoms with Gasteiger partial charge in [-0.25, -0.2) is 18.4 Å². The number of benzene rings is 1. The molecule has 0 saturated heterocycles. The molecule has 0 N–H and O–H groups in total. The lowest BCUT2D eigenvalue weighted by atomic mass is 10.0. The molecule has 0 fully saturated rings. The van der Waals surface area contributed by atoms with Gasteiger partial charge < -0.3 is 4.90 Å². The average molecular weight is 521 g/mol. The highest BCUT2D eigenvalue weighted by Crippen LogP contribution is 2.36. The minimum atomic E-state index is -4.71. The first-order valence-electron chi connectivity index (χ1n) is 9.98. The number of carbonyl (C=O) groups excluding carboxylic acids is 1. The molecule has 0 aliphatic rings. The van der Waals surface area contributed by atoms with Gasteiger partial charge in [-0.15, -0.1) is 0 Å². The summed E-state index contributed by atoms with van der Waals surface area (Å²) in [6.45, 7) is -0.408. The first kappa shape index (κ1) is 24.6. The number of alkyl halides is 3. The Balaban J connectivity index is 1.92. The van der Waals surface area contributed by atoms with Gasteiger partial charge in [-0.3, -0.25) is 9.78 Å². The first-order chi connectivity index (χ1) is 16.4. The van der Waals surface area contributed by atoms with Crippen LogP contribution < -0.4 is 4.90 Å². The summed E-state index contributed by atoms with van der Waals surface area (Å²) in [7, 11) is -3.89. The van der Waals surface area contributed by atoms with Gasteiger partial charge in [0.05, 0.1) is 28.9 Å². The summed E-state index contributed by atoms with van der Waals surface area (Å²) < 4.78 is 66.4. The van der Waals surface area contributed by atoms with E-state index >= 15 is 0 Å². The summed E-state index contributed by atoms with van der Waals surface area (Å²) in [5.41, 5.74) is -0.909. The molecule has 0 aliphatic carbocycles. The second kappa shape index (κ2) is 9.23. The number of anilines is 1. The van der Waals surface area contributed by atoms with Gasteiger partial charge in [0.1, 0.15) is 5.15 Å². The van der Waals surface area contributed by atoms with Gasteiger partial charge in [-0.05, 0) is 54.1 Å². The zero-order valence-electron chi connectivity index (χ0n) is 18.0. The highest BCUT2D eigenvalue weighted by molar-refractivity contribution is 7.90. The van der Waals surface area contributed by atoms with Gasteiger partial charge >= 0.3 is 6.18 Å². The molecule has 180 valence electrons. The van der Waals surface area contributed by atoms with Crippen LogP contribution >= 0.6 is 11.6 Å². The van der Waals surface area contributed by atoms with Gasteiger partial charge in [0, 0.05) is 30.2 Å². The van der Waals surface area contributed by atoms with E-state index in [9.17, 15) is 26.4 Å². The molecular weight excluding hydrogens is 505 g/mol. The molecule has 35 heavy (non-hydrogen) atoms. The van der Waals surface area contributed by atoms with E-state index in [2.05, 4.69) is 15.0 Å². The Hall–Kier alpha value is -3.57. The van der Waals surface area contributed by atoms with Crippen molar-refractivity contribution < 1.29 is 26.4 Å². The number of carbonyl (C=O) groups is 1. The maximum Gasteiger partial charge on any atom is 0.417 e.